The zero-order valence-corrected chi connectivity index (χ0v) is 10.6. The first-order valence-corrected chi connectivity index (χ1v) is 6.23. The summed E-state index contributed by atoms with van der Waals surface area (Å²) < 4.78 is 14.1. The van der Waals surface area contributed by atoms with Gasteiger partial charge in [0.25, 0.3) is 0 Å². The van der Waals surface area contributed by atoms with Crippen molar-refractivity contribution in [3.63, 3.8) is 0 Å². The van der Waals surface area contributed by atoms with E-state index in [1.807, 2.05) is 0 Å². The summed E-state index contributed by atoms with van der Waals surface area (Å²) in [6, 6.07) is 5.12. The molecule has 7 nitrogen and oxygen atoms in total. The fourth-order valence-electron chi connectivity index (χ4n) is 1.51. The van der Waals surface area contributed by atoms with Crippen molar-refractivity contribution in [2.24, 2.45) is 0 Å². The van der Waals surface area contributed by atoms with Crippen molar-refractivity contribution in [2.75, 3.05) is 5.75 Å². The van der Waals surface area contributed by atoms with E-state index in [2.05, 4.69) is 10.2 Å². The van der Waals surface area contributed by atoms with E-state index in [9.17, 15) is 14.0 Å². The Morgan fingerprint density at radius 2 is 2.35 bits per heavy atom. The van der Waals surface area contributed by atoms with Crippen molar-refractivity contribution in [3.8, 4) is 11.8 Å². The van der Waals surface area contributed by atoms with E-state index >= 15 is 0 Å². The van der Waals surface area contributed by atoms with Crippen LogP contribution in [0.3, 0.4) is 0 Å². The van der Waals surface area contributed by atoms with Crippen molar-refractivity contribution < 1.29 is 14.3 Å². The Morgan fingerprint density at radius 1 is 1.60 bits per heavy atom. The third kappa shape index (κ3) is 2.70. The maximum absolute atomic E-state index is 13.1. The van der Waals surface area contributed by atoms with E-state index in [0.29, 0.717) is 0 Å². The first kappa shape index (κ1) is 13.8. The third-order valence-corrected chi connectivity index (χ3v) is 3.21. The summed E-state index contributed by atoms with van der Waals surface area (Å²) in [5.41, 5.74) is -0.549. The van der Waals surface area contributed by atoms with Gasteiger partial charge in [-0.25, -0.2) is 18.9 Å². The number of aromatic nitrogens is 3. The number of nitriles is 1. The normalized spacial score (nSPS) is 10.2. The molecule has 0 spiro atoms. The van der Waals surface area contributed by atoms with Crippen LogP contribution in [0.25, 0.3) is 5.69 Å². The standard InChI is InChI=1S/C11H7FN4O3S/c12-7-1-2-8(6(3-7)4-13)16-10(19)14-15-11(16)20-5-9(17)18/h1-3H,5H2,(H,14,19)(H,17,18). The largest absolute Gasteiger partial charge is 0.481 e. The molecule has 1 aromatic carbocycles. The Morgan fingerprint density at radius 3 is 3.00 bits per heavy atom. The number of carbonyl (C=O) groups is 1. The molecule has 0 atom stereocenters. The molecule has 1 aromatic heterocycles. The van der Waals surface area contributed by atoms with Gasteiger partial charge in [0, 0.05) is 0 Å². The molecule has 0 unspecified atom stereocenters. The number of hydrogen-bond acceptors (Lipinski definition) is 5. The lowest BCUT2D eigenvalue weighted by atomic mass is 10.2. The highest BCUT2D eigenvalue weighted by Gasteiger charge is 2.16. The molecule has 20 heavy (non-hydrogen) atoms. The van der Waals surface area contributed by atoms with E-state index < -0.39 is 17.5 Å². The Hall–Kier alpha value is -2.60. The van der Waals surface area contributed by atoms with E-state index in [-0.39, 0.29) is 22.2 Å². The van der Waals surface area contributed by atoms with Crippen molar-refractivity contribution in [1.29, 1.82) is 5.26 Å². The number of thioether (sulfide) groups is 1. The lowest BCUT2D eigenvalue weighted by molar-refractivity contribution is -0.133. The highest BCUT2D eigenvalue weighted by atomic mass is 32.2. The van der Waals surface area contributed by atoms with Gasteiger partial charge in [0.05, 0.1) is 17.0 Å². The number of aliphatic carboxylic acids is 1. The average Bonchev–Trinajstić information content (AvgIpc) is 2.77. The van der Waals surface area contributed by atoms with Gasteiger partial charge in [-0.05, 0) is 18.2 Å². The van der Waals surface area contributed by atoms with Crippen LogP contribution in [0.5, 0.6) is 0 Å². The van der Waals surface area contributed by atoms with Crippen molar-refractivity contribution >= 4 is 17.7 Å². The van der Waals surface area contributed by atoms with E-state index in [4.69, 9.17) is 10.4 Å². The molecule has 0 bridgehead atoms. The van der Waals surface area contributed by atoms with Crippen LogP contribution in [0.15, 0.2) is 28.2 Å². The summed E-state index contributed by atoms with van der Waals surface area (Å²) >= 11 is 0.812. The first-order chi connectivity index (χ1) is 9.52. The van der Waals surface area contributed by atoms with Gasteiger partial charge in [-0.3, -0.25) is 4.79 Å². The van der Waals surface area contributed by atoms with E-state index in [1.165, 1.54) is 6.07 Å². The third-order valence-electron chi connectivity index (χ3n) is 2.29. The maximum Gasteiger partial charge on any atom is 0.348 e. The molecule has 0 aliphatic heterocycles. The van der Waals surface area contributed by atoms with Gasteiger partial charge in [-0.1, -0.05) is 11.8 Å². The molecule has 0 saturated carbocycles. The molecular weight excluding hydrogens is 287 g/mol. The molecule has 9 heteroatoms. The van der Waals surface area contributed by atoms with Gasteiger partial charge in [-0.15, -0.1) is 5.10 Å². The molecule has 0 radical (unpaired) electrons. The Labute approximate surface area is 115 Å². The fourth-order valence-corrected chi connectivity index (χ4v) is 2.18. The Bertz CT molecular complexity index is 762. The summed E-state index contributed by atoms with van der Waals surface area (Å²) in [4.78, 5) is 22.3. The summed E-state index contributed by atoms with van der Waals surface area (Å²) in [5.74, 6) is -1.98. The molecule has 0 fully saturated rings. The second-order valence-electron chi connectivity index (χ2n) is 3.60. The number of carboxylic acids is 1. The second-order valence-corrected chi connectivity index (χ2v) is 4.54. The van der Waals surface area contributed by atoms with Crippen LogP contribution in [-0.2, 0) is 4.79 Å². The summed E-state index contributed by atoms with van der Waals surface area (Å²) in [6.45, 7) is 0. The molecule has 102 valence electrons. The van der Waals surface area contributed by atoms with Crippen LogP contribution < -0.4 is 5.69 Å². The molecule has 0 aliphatic carbocycles. The van der Waals surface area contributed by atoms with Gasteiger partial charge in [0.2, 0.25) is 0 Å². The van der Waals surface area contributed by atoms with Crippen molar-refractivity contribution in [3.05, 3.63) is 40.1 Å². The highest BCUT2D eigenvalue weighted by molar-refractivity contribution is 7.99. The summed E-state index contributed by atoms with van der Waals surface area (Å²) in [7, 11) is 0. The second kappa shape index (κ2) is 5.58. The number of aromatic amines is 1. The van der Waals surface area contributed by atoms with Crippen LogP contribution in [0.4, 0.5) is 4.39 Å². The average molecular weight is 294 g/mol. The van der Waals surface area contributed by atoms with Gasteiger partial charge >= 0.3 is 11.7 Å². The van der Waals surface area contributed by atoms with Crippen molar-refractivity contribution in [2.45, 2.75) is 5.16 Å². The Balaban J connectivity index is 2.53. The van der Waals surface area contributed by atoms with Crippen LogP contribution in [0.1, 0.15) is 5.56 Å². The molecule has 1 heterocycles. The topological polar surface area (TPSA) is 112 Å². The number of hydrogen-bond donors (Lipinski definition) is 2. The molecule has 2 N–H and O–H groups in total. The summed E-state index contributed by atoms with van der Waals surface area (Å²) in [6.07, 6.45) is 0. The predicted molar refractivity (Wildman–Crippen MR) is 67.2 cm³/mol. The highest BCUT2D eigenvalue weighted by Crippen LogP contribution is 2.20. The maximum atomic E-state index is 13.1. The molecule has 0 aliphatic rings. The minimum Gasteiger partial charge on any atom is -0.481 e. The zero-order valence-electron chi connectivity index (χ0n) is 9.83. The quantitative estimate of drug-likeness (QED) is 0.805. The number of nitrogens with one attached hydrogen (secondary N) is 1. The van der Waals surface area contributed by atoms with E-state index in [0.717, 1.165) is 28.5 Å². The minimum atomic E-state index is -1.07. The minimum absolute atomic E-state index is 0.0503. The fraction of sp³-hybridized carbons (Fsp3) is 0.0909. The number of H-pyrrole nitrogens is 1. The van der Waals surface area contributed by atoms with Crippen molar-refractivity contribution in [1.82, 2.24) is 14.8 Å². The zero-order chi connectivity index (χ0) is 14.7. The lowest BCUT2D eigenvalue weighted by Crippen LogP contribution is -2.17. The van der Waals surface area contributed by atoms with Crippen LogP contribution >= 0.6 is 11.8 Å². The molecule has 2 rings (SSSR count). The van der Waals surface area contributed by atoms with Gasteiger partial charge in [-0.2, -0.15) is 5.26 Å². The Kier molecular flexibility index (Phi) is 3.86. The monoisotopic (exact) mass is 294 g/mol. The van der Waals surface area contributed by atoms with Gasteiger partial charge in [0.15, 0.2) is 5.16 Å². The van der Waals surface area contributed by atoms with Crippen LogP contribution in [-0.4, -0.2) is 31.6 Å². The van der Waals surface area contributed by atoms with Crippen LogP contribution in [0, 0.1) is 17.1 Å². The molecule has 0 saturated heterocycles. The number of carboxylic acid groups (broad SMARTS) is 1. The van der Waals surface area contributed by atoms with Gasteiger partial charge in [0.1, 0.15) is 11.9 Å². The summed E-state index contributed by atoms with van der Waals surface area (Å²) in [5, 5.41) is 23.5. The van der Waals surface area contributed by atoms with Crippen LogP contribution in [0.2, 0.25) is 0 Å². The number of nitrogens with zero attached hydrogens (tertiary/aromatic N) is 3. The SMILES string of the molecule is N#Cc1cc(F)ccc1-n1c(SCC(=O)O)n[nH]c1=O. The van der Waals surface area contributed by atoms with Gasteiger partial charge < -0.3 is 5.11 Å². The molecular formula is C11H7FN4O3S. The van der Waals surface area contributed by atoms with E-state index in [1.54, 1.807) is 6.07 Å². The number of benzene rings is 1. The number of rotatable bonds is 4. The predicted octanol–water partition coefficient (Wildman–Crippen LogP) is 0.748. The first-order valence-electron chi connectivity index (χ1n) is 5.25. The smallest absolute Gasteiger partial charge is 0.348 e. The molecule has 2 aromatic rings. The molecule has 0 amide bonds. The lowest BCUT2D eigenvalue weighted by Gasteiger charge is -2.06. The number of halogens is 1.